The zero-order valence-electron chi connectivity index (χ0n) is 23.7. The quantitative estimate of drug-likeness (QED) is 0.342. The lowest BCUT2D eigenvalue weighted by atomic mass is 10.1. The molecule has 218 valence electrons. The van der Waals surface area contributed by atoms with E-state index in [2.05, 4.69) is 5.32 Å². The highest BCUT2D eigenvalue weighted by Crippen LogP contribution is 2.26. The van der Waals surface area contributed by atoms with Crippen molar-refractivity contribution < 1.29 is 27.5 Å². The number of hydrogen-bond donors (Lipinski definition) is 1. The monoisotopic (exact) mass is 579 g/mol. The molecular weight excluding hydrogens is 542 g/mol. The van der Waals surface area contributed by atoms with Gasteiger partial charge in [0.2, 0.25) is 11.8 Å². The molecule has 9 nitrogen and oxygen atoms in total. The normalized spacial score (nSPS) is 14.2. The maximum atomic E-state index is 14.0. The molecule has 41 heavy (non-hydrogen) atoms. The third-order valence-electron chi connectivity index (χ3n) is 7.33. The lowest BCUT2D eigenvalue weighted by molar-refractivity contribution is -0.139. The number of anilines is 1. The second kappa shape index (κ2) is 13.5. The summed E-state index contributed by atoms with van der Waals surface area (Å²) in [5.74, 6) is 0.351. The number of sulfonamides is 1. The zero-order chi connectivity index (χ0) is 29.4. The molecule has 0 unspecified atom stereocenters. The molecule has 0 aromatic heterocycles. The predicted octanol–water partition coefficient (Wildman–Crippen LogP) is 4.38. The molecule has 1 aliphatic carbocycles. The average molecular weight is 580 g/mol. The van der Waals surface area contributed by atoms with Crippen LogP contribution in [0.2, 0.25) is 0 Å². The average Bonchev–Trinajstić information content (AvgIpc) is 3.51. The fourth-order valence-electron chi connectivity index (χ4n) is 4.94. The summed E-state index contributed by atoms with van der Waals surface area (Å²) < 4.78 is 39.4. The predicted molar refractivity (Wildman–Crippen MR) is 157 cm³/mol. The first-order chi connectivity index (χ1) is 19.7. The maximum absolute atomic E-state index is 14.0. The van der Waals surface area contributed by atoms with E-state index in [1.165, 1.54) is 24.1 Å². The number of hydrogen-bond acceptors (Lipinski definition) is 6. The number of carbonyl (C=O) groups excluding carboxylic acids is 2. The molecule has 0 heterocycles. The number of methoxy groups -OCH3 is 2. The van der Waals surface area contributed by atoms with E-state index >= 15 is 0 Å². The minimum Gasteiger partial charge on any atom is -0.497 e. The first kappa shape index (κ1) is 29.9. The Kier molecular flexibility index (Phi) is 9.88. The number of rotatable bonds is 12. The standard InChI is InChI=1S/C31H37N3O6S/c1-23(31(36)32-25-11-7-8-12-25)33(21-24-10-9-15-28(20-24)40-3)30(35)22-34(26-13-5-4-6-14-26)41(37,38)29-18-16-27(39-2)17-19-29/h4-6,9-10,13-20,23,25H,7-8,11-12,21-22H2,1-3H3,(H,32,36)/t23-/m0/s1. The molecule has 0 radical (unpaired) electrons. The van der Waals surface area contributed by atoms with Crippen molar-refractivity contribution in [2.45, 2.75) is 56.1 Å². The summed E-state index contributed by atoms with van der Waals surface area (Å²) in [6.07, 6.45) is 3.93. The van der Waals surface area contributed by atoms with Gasteiger partial charge in [0.15, 0.2) is 0 Å². The van der Waals surface area contributed by atoms with Crippen molar-refractivity contribution in [3.63, 3.8) is 0 Å². The van der Waals surface area contributed by atoms with E-state index in [1.807, 2.05) is 12.1 Å². The molecule has 1 fully saturated rings. The van der Waals surface area contributed by atoms with E-state index < -0.39 is 28.5 Å². The summed E-state index contributed by atoms with van der Waals surface area (Å²) >= 11 is 0. The summed E-state index contributed by atoms with van der Waals surface area (Å²) in [7, 11) is -1.09. The van der Waals surface area contributed by atoms with Crippen LogP contribution in [0.4, 0.5) is 5.69 Å². The topological polar surface area (TPSA) is 105 Å². The van der Waals surface area contributed by atoms with E-state index in [0.29, 0.717) is 17.2 Å². The van der Waals surface area contributed by atoms with Crippen molar-refractivity contribution in [3.05, 3.63) is 84.4 Å². The number of carbonyl (C=O) groups is 2. The minimum absolute atomic E-state index is 0.0151. The van der Waals surface area contributed by atoms with Crippen LogP contribution >= 0.6 is 0 Å². The van der Waals surface area contributed by atoms with Crippen molar-refractivity contribution in [1.29, 1.82) is 0 Å². The molecule has 1 atom stereocenters. The van der Waals surface area contributed by atoms with Crippen LogP contribution in [-0.2, 0) is 26.2 Å². The van der Waals surface area contributed by atoms with Gasteiger partial charge < -0.3 is 19.7 Å². The molecule has 4 rings (SSSR count). The summed E-state index contributed by atoms with van der Waals surface area (Å²) in [6.45, 7) is 1.27. The molecule has 3 aromatic carbocycles. The van der Waals surface area contributed by atoms with Gasteiger partial charge in [0, 0.05) is 12.6 Å². The van der Waals surface area contributed by atoms with Crippen LogP contribution in [0, 0.1) is 0 Å². The summed E-state index contributed by atoms with van der Waals surface area (Å²) in [4.78, 5) is 28.8. The van der Waals surface area contributed by atoms with E-state index in [4.69, 9.17) is 9.47 Å². The summed E-state index contributed by atoms with van der Waals surface area (Å²) in [5.41, 5.74) is 1.09. The van der Waals surface area contributed by atoms with E-state index in [0.717, 1.165) is 35.6 Å². The molecule has 2 amide bonds. The van der Waals surface area contributed by atoms with Gasteiger partial charge in [-0.05, 0) is 73.9 Å². The number of amides is 2. The number of benzene rings is 3. The summed E-state index contributed by atoms with van der Waals surface area (Å²) in [6, 6.07) is 21.0. The van der Waals surface area contributed by atoms with Crippen LogP contribution in [-0.4, -0.2) is 58.0 Å². The van der Waals surface area contributed by atoms with E-state index in [-0.39, 0.29) is 23.4 Å². The Balaban J connectivity index is 1.67. The highest BCUT2D eigenvalue weighted by Gasteiger charge is 2.33. The van der Waals surface area contributed by atoms with Gasteiger partial charge in [-0.3, -0.25) is 13.9 Å². The number of nitrogens with one attached hydrogen (secondary N) is 1. The Morgan fingerprint density at radius 1 is 0.902 bits per heavy atom. The third kappa shape index (κ3) is 7.38. The Morgan fingerprint density at radius 3 is 2.20 bits per heavy atom. The van der Waals surface area contributed by atoms with Gasteiger partial charge in [0.1, 0.15) is 24.1 Å². The zero-order valence-corrected chi connectivity index (χ0v) is 24.5. The van der Waals surface area contributed by atoms with Crippen molar-refractivity contribution in [1.82, 2.24) is 10.2 Å². The van der Waals surface area contributed by atoms with Crippen LogP contribution in [0.5, 0.6) is 11.5 Å². The lowest BCUT2D eigenvalue weighted by Gasteiger charge is -2.32. The first-order valence-corrected chi connectivity index (χ1v) is 15.1. The van der Waals surface area contributed by atoms with Crippen LogP contribution in [0.15, 0.2) is 83.8 Å². The van der Waals surface area contributed by atoms with Crippen LogP contribution < -0.4 is 19.1 Å². The fraction of sp³-hybridized carbons (Fsp3) is 0.355. The molecule has 0 aliphatic heterocycles. The Labute approximate surface area is 242 Å². The molecule has 0 bridgehead atoms. The Hall–Kier alpha value is -4.05. The van der Waals surface area contributed by atoms with E-state index in [9.17, 15) is 18.0 Å². The molecular formula is C31H37N3O6S. The number of nitrogens with zero attached hydrogens (tertiary/aromatic N) is 2. The molecule has 3 aromatic rings. The van der Waals surface area contributed by atoms with Crippen molar-refractivity contribution in [2.24, 2.45) is 0 Å². The molecule has 1 saturated carbocycles. The molecule has 10 heteroatoms. The summed E-state index contributed by atoms with van der Waals surface area (Å²) in [5, 5.41) is 3.07. The molecule has 1 N–H and O–H groups in total. The molecule has 0 spiro atoms. The lowest BCUT2D eigenvalue weighted by Crippen LogP contribution is -2.52. The van der Waals surface area contributed by atoms with Crippen LogP contribution in [0.25, 0.3) is 0 Å². The Morgan fingerprint density at radius 2 is 1.56 bits per heavy atom. The molecule has 0 saturated heterocycles. The van der Waals surface area contributed by atoms with Crippen LogP contribution in [0.3, 0.4) is 0 Å². The van der Waals surface area contributed by atoms with Crippen molar-refractivity contribution in [3.8, 4) is 11.5 Å². The third-order valence-corrected chi connectivity index (χ3v) is 9.11. The number of ether oxygens (including phenoxy) is 2. The smallest absolute Gasteiger partial charge is 0.264 e. The largest absolute Gasteiger partial charge is 0.497 e. The molecule has 1 aliphatic rings. The van der Waals surface area contributed by atoms with Gasteiger partial charge >= 0.3 is 0 Å². The maximum Gasteiger partial charge on any atom is 0.264 e. The highest BCUT2D eigenvalue weighted by atomic mass is 32.2. The Bertz CT molecular complexity index is 1420. The second-order valence-corrected chi connectivity index (χ2v) is 11.9. The van der Waals surface area contributed by atoms with Gasteiger partial charge in [-0.1, -0.05) is 43.2 Å². The van der Waals surface area contributed by atoms with Gasteiger partial charge in [0.25, 0.3) is 10.0 Å². The fourth-order valence-corrected chi connectivity index (χ4v) is 6.35. The number of para-hydroxylation sites is 1. The van der Waals surface area contributed by atoms with Gasteiger partial charge in [-0.25, -0.2) is 8.42 Å². The van der Waals surface area contributed by atoms with Crippen molar-refractivity contribution >= 4 is 27.5 Å². The van der Waals surface area contributed by atoms with Gasteiger partial charge in [0.05, 0.1) is 24.8 Å². The minimum atomic E-state index is -4.15. The highest BCUT2D eigenvalue weighted by molar-refractivity contribution is 7.92. The second-order valence-electron chi connectivity index (χ2n) is 10.1. The van der Waals surface area contributed by atoms with Gasteiger partial charge in [-0.2, -0.15) is 0 Å². The van der Waals surface area contributed by atoms with Crippen molar-refractivity contribution in [2.75, 3.05) is 25.1 Å². The first-order valence-electron chi connectivity index (χ1n) is 13.7. The SMILES string of the molecule is COc1ccc(S(=O)(=O)N(CC(=O)N(Cc2cccc(OC)c2)[C@@H](C)C(=O)NC2CCCC2)c2ccccc2)cc1. The van der Waals surface area contributed by atoms with Gasteiger partial charge in [-0.15, -0.1) is 0 Å². The van der Waals surface area contributed by atoms with Crippen LogP contribution in [0.1, 0.15) is 38.2 Å². The van der Waals surface area contributed by atoms with E-state index in [1.54, 1.807) is 68.6 Å².